The summed E-state index contributed by atoms with van der Waals surface area (Å²) in [6, 6.07) is 8.01. The zero-order valence-corrected chi connectivity index (χ0v) is 11.9. The lowest BCUT2D eigenvalue weighted by Gasteiger charge is -2.13. The lowest BCUT2D eigenvalue weighted by atomic mass is 10.1. The molecule has 1 unspecified atom stereocenters. The summed E-state index contributed by atoms with van der Waals surface area (Å²) >= 11 is 3.53. The van der Waals surface area contributed by atoms with Crippen molar-refractivity contribution in [1.82, 2.24) is 4.98 Å². The van der Waals surface area contributed by atoms with Crippen LogP contribution in [-0.2, 0) is 0 Å². The highest BCUT2D eigenvalue weighted by Crippen LogP contribution is 2.27. The third-order valence-corrected chi connectivity index (χ3v) is 3.57. The first-order valence-corrected chi connectivity index (χ1v) is 6.97. The van der Waals surface area contributed by atoms with Gasteiger partial charge in [0, 0.05) is 28.0 Å². The van der Waals surface area contributed by atoms with E-state index in [1.807, 2.05) is 24.3 Å². The molecule has 0 aliphatic carbocycles. The quantitative estimate of drug-likeness (QED) is 0.887. The first-order valence-electron chi connectivity index (χ1n) is 6.17. The molecule has 0 saturated carbocycles. The van der Waals surface area contributed by atoms with Gasteiger partial charge < -0.3 is 10.4 Å². The molecule has 1 aromatic heterocycles. The number of aliphatic hydroxyl groups is 1. The number of aliphatic hydroxyl groups excluding tert-OH is 1. The number of halogens is 1. The van der Waals surface area contributed by atoms with Crippen LogP contribution in [0.2, 0.25) is 0 Å². The number of hydrogen-bond donors (Lipinski definition) is 2. The minimum atomic E-state index is -0.320. The van der Waals surface area contributed by atoms with Gasteiger partial charge in [-0.2, -0.15) is 0 Å². The number of nitrogens with one attached hydrogen (secondary N) is 1. The summed E-state index contributed by atoms with van der Waals surface area (Å²) in [7, 11) is 0. The summed E-state index contributed by atoms with van der Waals surface area (Å²) in [5.74, 6) is 0.823. The molecule has 0 saturated heterocycles. The molecule has 96 valence electrons. The lowest BCUT2D eigenvalue weighted by molar-refractivity contribution is 0.176. The standard InChI is InChI=1S/C14H17BrN2O/c1-2-4-10(18)9-17-14-12-5-3-6-13(15)11(12)7-8-16-14/h3,5-8,10,18H,2,4,9H2,1H3,(H,16,17). The van der Waals surface area contributed by atoms with E-state index in [2.05, 4.69) is 33.2 Å². The van der Waals surface area contributed by atoms with E-state index in [1.165, 1.54) is 0 Å². The Morgan fingerprint density at radius 1 is 1.33 bits per heavy atom. The van der Waals surface area contributed by atoms with Gasteiger partial charge in [0.2, 0.25) is 0 Å². The second-order valence-electron chi connectivity index (χ2n) is 4.32. The van der Waals surface area contributed by atoms with Gasteiger partial charge in [-0.3, -0.25) is 0 Å². The van der Waals surface area contributed by atoms with Crippen molar-refractivity contribution < 1.29 is 5.11 Å². The first kappa shape index (κ1) is 13.3. The molecule has 18 heavy (non-hydrogen) atoms. The predicted molar refractivity (Wildman–Crippen MR) is 78.8 cm³/mol. The van der Waals surface area contributed by atoms with Gasteiger partial charge in [0.1, 0.15) is 5.82 Å². The summed E-state index contributed by atoms with van der Waals surface area (Å²) < 4.78 is 1.06. The van der Waals surface area contributed by atoms with Crippen LogP contribution in [0.25, 0.3) is 10.8 Å². The number of anilines is 1. The Kier molecular flexibility index (Phi) is 4.55. The summed E-state index contributed by atoms with van der Waals surface area (Å²) in [4.78, 5) is 4.34. The molecule has 0 radical (unpaired) electrons. The molecular weight excluding hydrogens is 292 g/mol. The maximum absolute atomic E-state index is 9.74. The fourth-order valence-corrected chi connectivity index (χ4v) is 2.46. The topological polar surface area (TPSA) is 45.1 Å². The van der Waals surface area contributed by atoms with Crippen molar-refractivity contribution in [3.63, 3.8) is 0 Å². The van der Waals surface area contributed by atoms with E-state index in [-0.39, 0.29) is 6.10 Å². The van der Waals surface area contributed by atoms with Gasteiger partial charge in [0.25, 0.3) is 0 Å². The largest absolute Gasteiger partial charge is 0.391 e. The van der Waals surface area contributed by atoms with Crippen LogP contribution in [0, 0.1) is 0 Å². The summed E-state index contributed by atoms with van der Waals surface area (Å²) in [6.45, 7) is 2.60. The molecule has 1 aromatic carbocycles. The van der Waals surface area contributed by atoms with Crippen molar-refractivity contribution in [3.05, 3.63) is 34.9 Å². The minimum absolute atomic E-state index is 0.320. The van der Waals surface area contributed by atoms with Gasteiger partial charge in [0.15, 0.2) is 0 Å². The van der Waals surface area contributed by atoms with Gasteiger partial charge in [-0.15, -0.1) is 0 Å². The molecule has 0 bridgehead atoms. The van der Waals surface area contributed by atoms with Gasteiger partial charge in [-0.1, -0.05) is 41.4 Å². The second kappa shape index (κ2) is 6.16. The Labute approximate surface area is 115 Å². The Hall–Kier alpha value is -1.13. The van der Waals surface area contributed by atoms with Crippen molar-refractivity contribution in [2.45, 2.75) is 25.9 Å². The molecule has 4 heteroatoms. The molecule has 2 N–H and O–H groups in total. The number of nitrogens with zero attached hydrogens (tertiary/aromatic N) is 1. The smallest absolute Gasteiger partial charge is 0.133 e. The fourth-order valence-electron chi connectivity index (χ4n) is 1.96. The lowest BCUT2D eigenvalue weighted by Crippen LogP contribution is -2.19. The molecule has 0 fully saturated rings. The number of aromatic nitrogens is 1. The third-order valence-electron chi connectivity index (χ3n) is 2.88. The maximum Gasteiger partial charge on any atom is 0.133 e. The molecule has 1 heterocycles. The van der Waals surface area contributed by atoms with Crippen molar-refractivity contribution >= 4 is 32.5 Å². The van der Waals surface area contributed by atoms with Crippen LogP contribution in [0.4, 0.5) is 5.82 Å². The van der Waals surface area contributed by atoms with Crippen molar-refractivity contribution in [2.75, 3.05) is 11.9 Å². The van der Waals surface area contributed by atoms with Crippen LogP contribution < -0.4 is 5.32 Å². The van der Waals surface area contributed by atoms with Crippen LogP contribution in [0.5, 0.6) is 0 Å². The molecule has 3 nitrogen and oxygen atoms in total. The number of rotatable bonds is 5. The van der Waals surface area contributed by atoms with Crippen LogP contribution in [0.1, 0.15) is 19.8 Å². The minimum Gasteiger partial charge on any atom is -0.391 e. The normalized spacial score (nSPS) is 12.6. The Morgan fingerprint density at radius 3 is 2.94 bits per heavy atom. The number of hydrogen-bond acceptors (Lipinski definition) is 3. The maximum atomic E-state index is 9.74. The Bertz CT molecular complexity index is 530. The predicted octanol–water partition coefficient (Wildman–Crippen LogP) is 3.57. The van der Waals surface area contributed by atoms with E-state index in [0.717, 1.165) is 33.9 Å². The summed E-state index contributed by atoms with van der Waals surface area (Å²) in [6.07, 6.45) is 3.25. The van der Waals surface area contributed by atoms with Gasteiger partial charge in [-0.25, -0.2) is 4.98 Å². The molecule has 2 aromatic rings. The van der Waals surface area contributed by atoms with E-state index in [4.69, 9.17) is 0 Å². The first-order chi connectivity index (χ1) is 8.72. The molecular formula is C14H17BrN2O. The highest BCUT2D eigenvalue weighted by Gasteiger charge is 2.06. The van der Waals surface area contributed by atoms with Crippen LogP contribution >= 0.6 is 15.9 Å². The zero-order valence-electron chi connectivity index (χ0n) is 10.4. The van der Waals surface area contributed by atoms with Crippen molar-refractivity contribution in [3.8, 4) is 0 Å². The summed E-state index contributed by atoms with van der Waals surface area (Å²) in [5, 5.41) is 15.1. The van der Waals surface area contributed by atoms with Crippen molar-refractivity contribution in [2.24, 2.45) is 0 Å². The average molecular weight is 309 g/mol. The average Bonchev–Trinajstić information content (AvgIpc) is 2.37. The SMILES string of the molecule is CCCC(O)CNc1nccc2c(Br)cccc12. The second-order valence-corrected chi connectivity index (χ2v) is 5.17. The molecule has 0 aliphatic heterocycles. The Morgan fingerprint density at radius 2 is 2.17 bits per heavy atom. The van der Waals surface area contributed by atoms with E-state index in [1.54, 1.807) is 6.20 Å². The van der Waals surface area contributed by atoms with E-state index < -0.39 is 0 Å². The van der Waals surface area contributed by atoms with Gasteiger partial charge in [0.05, 0.1) is 6.10 Å². The van der Waals surface area contributed by atoms with Crippen molar-refractivity contribution in [1.29, 1.82) is 0 Å². The highest BCUT2D eigenvalue weighted by molar-refractivity contribution is 9.10. The van der Waals surface area contributed by atoms with Gasteiger partial charge >= 0.3 is 0 Å². The molecule has 0 spiro atoms. The number of pyridine rings is 1. The third kappa shape index (κ3) is 3.00. The monoisotopic (exact) mass is 308 g/mol. The summed E-state index contributed by atoms with van der Waals surface area (Å²) in [5.41, 5.74) is 0. The van der Waals surface area contributed by atoms with E-state index >= 15 is 0 Å². The van der Waals surface area contributed by atoms with Gasteiger partial charge in [-0.05, 0) is 18.6 Å². The molecule has 2 rings (SSSR count). The Balaban J connectivity index is 2.21. The van der Waals surface area contributed by atoms with Crippen LogP contribution in [0.15, 0.2) is 34.9 Å². The fraction of sp³-hybridized carbons (Fsp3) is 0.357. The van der Waals surface area contributed by atoms with E-state index in [9.17, 15) is 5.11 Å². The zero-order chi connectivity index (χ0) is 13.0. The van der Waals surface area contributed by atoms with Crippen LogP contribution in [-0.4, -0.2) is 22.7 Å². The van der Waals surface area contributed by atoms with E-state index in [0.29, 0.717) is 6.54 Å². The molecule has 0 aliphatic rings. The molecule has 0 amide bonds. The van der Waals surface area contributed by atoms with Crippen LogP contribution in [0.3, 0.4) is 0 Å². The molecule has 1 atom stereocenters. The highest BCUT2D eigenvalue weighted by atomic mass is 79.9. The number of benzene rings is 1. The number of fused-ring (bicyclic) bond motifs is 1.